The Kier molecular flexibility index (Phi) is 35.4. The number of ether oxygens (including phenoxy) is 2. The molecule has 0 fully saturated rings. The van der Waals surface area contributed by atoms with Gasteiger partial charge in [0.1, 0.15) is 6.61 Å². The highest BCUT2D eigenvalue weighted by Crippen LogP contribution is 2.43. The smallest absolute Gasteiger partial charge is 0.462 e. The van der Waals surface area contributed by atoms with Crippen LogP contribution in [0.25, 0.3) is 0 Å². The van der Waals surface area contributed by atoms with Crippen molar-refractivity contribution >= 4 is 19.8 Å². The molecule has 53 heavy (non-hydrogen) atoms. The van der Waals surface area contributed by atoms with Gasteiger partial charge in [-0.05, 0) is 77.0 Å². The Morgan fingerprint density at radius 2 is 1.17 bits per heavy atom. The fourth-order valence-corrected chi connectivity index (χ4v) is 5.96. The molecule has 1 unspecified atom stereocenters. The second-order valence-corrected chi connectivity index (χ2v) is 14.9. The first kappa shape index (κ1) is 50.9. The number of phosphoric acid groups is 1. The van der Waals surface area contributed by atoms with Gasteiger partial charge in [0.25, 0.3) is 0 Å². The van der Waals surface area contributed by atoms with Crippen LogP contribution in [0, 0.1) is 0 Å². The third-order valence-corrected chi connectivity index (χ3v) is 9.37. The van der Waals surface area contributed by atoms with Gasteiger partial charge < -0.3 is 30.3 Å². The molecule has 0 radical (unpaired) electrons. The number of aliphatic hydroxyl groups is 2. The van der Waals surface area contributed by atoms with Gasteiger partial charge in [-0.25, -0.2) is 4.57 Å². The van der Waals surface area contributed by atoms with Crippen molar-refractivity contribution in [2.75, 3.05) is 26.4 Å². The monoisotopic (exact) mass is 772 g/mol. The summed E-state index contributed by atoms with van der Waals surface area (Å²) in [4.78, 5) is 34.8. The van der Waals surface area contributed by atoms with Gasteiger partial charge in [-0.15, -0.1) is 0 Å². The van der Waals surface area contributed by atoms with Crippen LogP contribution in [0.3, 0.4) is 0 Å². The Morgan fingerprint density at radius 1 is 0.642 bits per heavy atom. The van der Waals surface area contributed by atoms with E-state index < -0.39 is 44.7 Å². The lowest BCUT2D eigenvalue weighted by Gasteiger charge is -2.20. The minimum atomic E-state index is -4.42. The quantitative estimate of drug-likeness (QED) is 0.0205. The highest BCUT2D eigenvalue weighted by Gasteiger charge is 2.26. The van der Waals surface area contributed by atoms with E-state index in [9.17, 15) is 29.3 Å². The van der Waals surface area contributed by atoms with Crippen molar-refractivity contribution in [3.8, 4) is 0 Å². The number of nitrogens with two attached hydrogens (primary N) is 1. The molecule has 0 aromatic rings. The second kappa shape index (κ2) is 36.8. The number of aliphatic hydroxyl groups excluding tert-OH is 2. The molecule has 0 aromatic carbocycles. The van der Waals surface area contributed by atoms with Crippen LogP contribution in [0.5, 0.6) is 0 Å². The Hall–Kier alpha value is -2.11. The SMILES string of the molecule is CCCCC/C=C\C/C=C\C/C=C\CCCCC(=O)OC[C@H](COP(=O)(O)OCCN)OC(=O)CCCCCCC[C@H](O)[C@@H](O)C/C=C\CCCCC. The number of carbonyl (C=O) groups excluding carboxylic acids is 2. The molecular weight excluding hydrogens is 697 g/mol. The van der Waals surface area contributed by atoms with Gasteiger partial charge in [0, 0.05) is 19.4 Å². The molecular formula is C41H74NO10P. The van der Waals surface area contributed by atoms with Crippen LogP contribution < -0.4 is 5.73 Å². The molecule has 0 aromatic heterocycles. The summed E-state index contributed by atoms with van der Waals surface area (Å²) in [6.45, 7) is 3.40. The first-order valence-electron chi connectivity index (χ1n) is 20.3. The van der Waals surface area contributed by atoms with E-state index in [1.807, 2.05) is 6.08 Å². The third kappa shape index (κ3) is 35.4. The molecule has 0 aliphatic rings. The van der Waals surface area contributed by atoms with Crippen molar-refractivity contribution in [2.45, 2.75) is 173 Å². The van der Waals surface area contributed by atoms with Gasteiger partial charge in [0.2, 0.25) is 0 Å². The average molecular weight is 772 g/mol. The van der Waals surface area contributed by atoms with Crippen molar-refractivity contribution in [3.63, 3.8) is 0 Å². The minimum absolute atomic E-state index is 0.0211. The Labute approximate surface area is 321 Å². The lowest BCUT2D eigenvalue weighted by Crippen LogP contribution is -2.29. The molecule has 0 heterocycles. The summed E-state index contributed by atoms with van der Waals surface area (Å²) in [6, 6.07) is 0. The fourth-order valence-electron chi connectivity index (χ4n) is 5.19. The van der Waals surface area contributed by atoms with Gasteiger partial charge in [-0.3, -0.25) is 18.6 Å². The van der Waals surface area contributed by atoms with E-state index in [1.165, 1.54) is 32.1 Å². The summed E-state index contributed by atoms with van der Waals surface area (Å²) in [5, 5.41) is 20.4. The third-order valence-electron chi connectivity index (χ3n) is 8.39. The maximum Gasteiger partial charge on any atom is 0.472 e. The minimum Gasteiger partial charge on any atom is -0.462 e. The predicted octanol–water partition coefficient (Wildman–Crippen LogP) is 9.10. The van der Waals surface area contributed by atoms with Gasteiger partial charge in [-0.2, -0.15) is 0 Å². The van der Waals surface area contributed by atoms with E-state index in [1.54, 1.807) is 0 Å². The fraction of sp³-hybridized carbons (Fsp3) is 0.756. The van der Waals surface area contributed by atoms with Gasteiger partial charge in [0.15, 0.2) is 6.10 Å². The average Bonchev–Trinajstić information content (AvgIpc) is 3.14. The van der Waals surface area contributed by atoms with Crippen molar-refractivity contribution in [1.29, 1.82) is 0 Å². The number of unbranched alkanes of at least 4 members (excludes halogenated alkanes) is 12. The van der Waals surface area contributed by atoms with Gasteiger partial charge in [0.05, 0.1) is 25.4 Å². The van der Waals surface area contributed by atoms with Crippen molar-refractivity contribution in [1.82, 2.24) is 0 Å². The molecule has 0 saturated heterocycles. The molecule has 0 spiro atoms. The Morgan fingerprint density at radius 3 is 1.79 bits per heavy atom. The maximum atomic E-state index is 12.6. The second-order valence-electron chi connectivity index (χ2n) is 13.5. The van der Waals surface area contributed by atoms with Crippen LogP contribution in [0.2, 0.25) is 0 Å². The molecule has 12 heteroatoms. The molecule has 0 aliphatic carbocycles. The first-order chi connectivity index (χ1) is 25.6. The van der Waals surface area contributed by atoms with Crippen LogP contribution in [-0.4, -0.2) is 71.7 Å². The first-order valence-corrected chi connectivity index (χ1v) is 21.8. The van der Waals surface area contributed by atoms with E-state index in [0.717, 1.165) is 70.6 Å². The highest BCUT2D eigenvalue weighted by molar-refractivity contribution is 7.47. The van der Waals surface area contributed by atoms with Gasteiger partial charge in [-0.1, -0.05) is 114 Å². The summed E-state index contributed by atoms with van der Waals surface area (Å²) in [5.41, 5.74) is 5.32. The number of hydrogen-bond acceptors (Lipinski definition) is 10. The summed E-state index contributed by atoms with van der Waals surface area (Å²) >= 11 is 0. The van der Waals surface area contributed by atoms with E-state index in [4.69, 9.17) is 24.3 Å². The van der Waals surface area contributed by atoms with E-state index >= 15 is 0 Å². The number of phosphoric ester groups is 1. The molecule has 0 saturated carbocycles. The molecule has 5 N–H and O–H groups in total. The van der Waals surface area contributed by atoms with Crippen LogP contribution in [-0.2, 0) is 32.7 Å². The standard InChI is InChI=1S/C41H74NO10P/c1-3-5-7-9-11-12-13-14-15-16-17-18-19-23-27-31-40(45)49-35-37(36-51-53(47,48)50-34-33-42)52-41(46)32-28-24-20-22-26-30-39(44)38(43)29-25-21-10-8-6-4-2/h11-12,14-15,17-18,21,25,37-39,43-44H,3-10,13,16,19-20,22-24,26-36,42H2,1-2H3,(H,47,48)/b12-11-,15-14-,18-17-,25-21-/t37-,38+,39+/m1/s1. The van der Waals surface area contributed by atoms with Gasteiger partial charge >= 0.3 is 19.8 Å². The highest BCUT2D eigenvalue weighted by atomic mass is 31.2. The Balaban J connectivity index is 4.40. The molecule has 0 amide bonds. The summed E-state index contributed by atoms with van der Waals surface area (Å²) in [5.74, 6) is -0.990. The van der Waals surface area contributed by atoms with Crippen LogP contribution in [0.15, 0.2) is 48.6 Å². The van der Waals surface area contributed by atoms with Crippen LogP contribution in [0.1, 0.15) is 155 Å². The normalized spacial score (nSPS) is 15.1. The molecule has 0 rings (SSSR count). The van der Waals surface area contributed by atoms with Crippen molar-refractivity contribution in [2.24, 2.45) is 5.73 Å². The van der Waals surface area contributed by atoms with Crippen LogP contribution >= 0.6 is 7.82 Å². The van der Waals surface area contributed by atoms with Crippen molar-refractivity contribution in [3.05, 3.63) is 48.6 Å². The number of allylic oxidation sites excluding steroid dienone is 7. The molecule has 0 aliphatic heterocycles. The molecule has 11 nitrogen and oxygen atoms in total. The Bertz CT molecular complexity index is 1050. The molecule has 0 bridgehead atoms. The zero-order chi connectivity index (χ0) is 39.3. The maximum absolute atomic E-state index is 12.6. The lowest BCUT2D eigenvalue weighted by atomic mass is 10.0. The predicted molar refractivity (Wildman–Crippen MR) is 213 cm³/mol. The van der Waals surface area contributed by atoms with E-state index in [2.05, 4.69) is 56.4 Å². The molecule has 308 valence electrons. The number of carbonyl (C=O) groups is 2. The summed E-state index contributed by atoms with van der Waals surface area (Å²) in [7, 11) is -4.42. The molecule has 4 atom stereocenters. The zero-order valence-corrected chi connectivity index (χ0v) is 33.9. The van der Waals surface area contributed by atoms with E-state index in [0.29, 0.717) is 25.7 Å². The number of esters is 2. The lowest BCUT2D eigenvalue weighted by molar-refractivity contribution is -0.161. The number of hydrogen-bond donors (Lipinski definition) is 4. The zero-order valence-electron chi connectivity index (χ0n) is 33.0. The number of rotatable bonds is 37. The summed E-state index contributed by atoms with van der Waals surface area (Å²) < 4.78 is 32.6. The van der Waals surface area contributed by atoms with E-state index in [-0.39, 0.29) is 32.6 Å². The van der Waals surface area contributed by atoms with Crippen molar-refractivity contribution < 1.29 is 47.8 Å². The largest absolute Gasteiger partial charge is 0.472 e. The topological polar surface area (TPSA) is 175 Å². The van der Waals surface area contributed by atoms with Crippen LogP contribution in [0.4, 0.5) is 0 Å². The summed E-state index contributed by atoms with van der Waals surface area (Å²) in [6.07, 6.45) is 33.1.